The van der Waals surface area contributed by atoms with Crippen molar-refractivity contribution in [3.05, 3.63) is 45.2 Å². The van der Waals surface area contributed by atoms with Crippen LogP contribution < -0.4 is 0 Å². The lowest BCUT2D eigenvalue weighted by atomic mass is 10.1. The fraction of sp³-hybridized carbons (Fsp3) is 0.467. The van der Waals surface area contributed by atoms with E-state index in [9.17, 15) is 24.9 Å². The molecule has 24 heavy (non-hydrogen) atoms. The first-order valence-electron chi connectivity index (χ1n) is 7.29. The summed E-state index contributed by atoms with van der Waals surface area (Å²) < 4.78 is 8.66. The molecule has 9 heteroatoms. The highest BCUT2D eigenvalue weighted by molar-refractivity contribution is 5.66. The topological polar surface area (TPSA) is 119 Å². The van der Waals surface area contributed by atoms with E-state index in [1.54, 1.807) is 6.07 Å². The van der Waals surface area contributed by atoms with Crippen LogP contribution >= 0.6 is 0 Å². The monoisotopic (exact) mass is 340 g/mol. The number of rotatable bonds is 9. The van der Waals surface area contributed by atoms with E-state index in [0.717, 1.165) is 0 Å². The molecule has 0 bridgehead atoms. The molecule has 0 radical (unpaired) electrons. The second-order valence-corrected chi connectivity index (χ2v) is 5.23. The van der Waals surface area contributed by atoms with Crippen LogP contribution in [0.4, 0.5) is 5.69 Å². The lowest BCUT2D eigenvalue weighted by Crippen LogP contribution is -2.46. The predicted molar refractivity (Wildman–Crippen MR) is 83.4 cm³/mol. The molecule has 132 valence electrons. The van der Waals surface area contributed by atoms with E-state index in [-0.39, 0.29) is 44.1 Å². The minimum atomic E-state index is -0.911. The molecule has 0 aromatic heterocycles. The highest BCUT2D eigenvalue weighted by atomic mass is 16.6. The molecule has 0 saturated heterocycles. The fourth-order valence-electron chi connectivity index (χ4n) is 2.11. The number of hydroxylamine groups is 3. The maximum atomic E-state index is 12.9. The molecule has 0 spiro atoms. The van der Waals surface area contributed by atoms with Crippen molar-refractivity contribution >= 4 is 17.6 Å². The average Bonchev–Trinajstić information content (AvgIpc) is 2.46. The minimum Gasteiger partial charge on any atom is -0.632 e. The Bertz CT molecular complexity index is 583. The number of para-hydroxylation sites is 1. The number of carbonyl (C=O) groups is 2. The first-order valence-corrected chi connectivity index (χ1v) is 7.29. The second-order valence-electron chi connectivity index (χ2n) is 5.23. The zero-order valence-electron chi connectivity index (χ0n) is 13.6. The molecule has 0 fully saturated rings. The van der Waals surface area contributed by atoms with Crippen molar-refractivity contribution in [3.63, 3.8) is 0 Å². The van der Waals surface area contributed by atoms with Gasteiger partial charge in [0.15, 0.2) is 0 Å². The standard InChI is InChI=1S/C15H20N2O7/c1-12(18)23-9-7-17(22,8-10-24-13(2)19)11-14-5-3-4-6-15(14)16(20)21/h3-6H,7-11H2,1-2H3. The van der Waals surface area contributed by atoms with E-state index in [1.807, 2.05) is 0 Å². The van der Waals surface area contributed by atoms with Crippen molar-refractivity contribution in [3.8, 4) is 0 Å². The normalized spacial score (nSPS) is 11.0. The number of carbonyl (C=O) groups excluding carboxylic acids is 2. The summed E-state index contributed by atoms with van der Waals surface area (Å²) in [6, 6.07) is 5.93. The maximum absolute atomic E-state index is 12.9. The lowest BCUT2D eigenvalue weighted by Gasteiger charge is -2.42. The molecular formula is C15H20N2O7. The Hall–Kier alpha value is -2.52. The minimum absolute atomic E-state index is 0.104. The summed E-state index contributed by atoms with van der Waals surface area (Å²) in [7, 11) is 0. The van der Waals surface area contributed by atoms with Gasteiger partial charge in [-0.3, -0.25) is 19.7 Å². The first kappa shape index (κ1) is 19.5. The average molecular weight is 340 g/mol. The molecule has 9 nitrogen and oxygen atoms in total. The van der Waals surface area contributed by atoms with Crippen LogP contribution in [-0.2, 0) is 25.6 Å². The number of hydrogen-bond acceptors (Lipinski definition) is 7. The Morgan fingerprint density at radius 2 is 1.58 bits per heavy atom. The van der Waals surface area contributed by atoms with Gasteiger partial charge in [0, 0.05) is 19.9 Å². The first-order chi connectivity index (χ1) is 11.2. The number of ether oxygens (including phenoxy) is 2. The van der Waals surface area contributed by atoms with Gasteiger partial charge >= 0.3 is 11.9 Å². The van der Waals surface area contributed by atoms with Crippen LogP contribution in [0.3, 0.4) is 0 Å². The molecule has 0 unspecified atom stereocenters. The maximum Gasteiger partial charge on any atom is 0.302 e. The van der Waals surface area contributed by atoms with Crippen molar-refractivity contribution in [2.24, 2.45) is 0 Å². The van der Waals surface area contributed by atoms with Crippen molar-refractivity contribution in [2.45, 2.75) is 20.4 Å². The number of nitrogens with zero attached hydrogens (tertiary/aromatic N) is 2. The van der Waals surface area contributed by atoms with Gasteiger partial charge in [0.1, 0.15) is 32.8 Å². The number of nitro groups is 1. The molecule has 1 aromatic rings. The SMILES string of the molecule is CC(=O)OCC[N+]([O-])(CCOC(C)=O)Cc1ccccc1[N+](=O)[O-]. The summed E-state index contributed by atoms with van der Waals surface area (Å²) in [6.07, 6.45) is 0. The van der Waals surface area contributed by atoms with Gasteiger partial charge in [0.05, 0.1) is 10.5 Å². The van der Waals surface area contributed by atoms with E-state index in [4.69, 9.17) is 9.47 Å². The summed E-state index contributed by atoms with van der Waals surface area (Å²) in [6.45, 7) is 1.79. The molecule has 0 N–H and O–H groups in total. The Balaban J connectivity index is 2.89. The summed E-state index contributed by atoms with van der Waals surface area (Å²) in [5.41, 5.74) is 0.110. The van der Waals surface area contributed by atoms with Crippen LogP contribution in [0.5, 0.6) is 0 Å². The number of esters is 2. The Kier molecular flexibility index (Phi) is 7.28. The highest BCUT2D eigenvalue weighted by Gasteiger charge is 2.24. The van der Waals surface area contributed by atoms with E-state index in [1.165, 1.54) is 32.0 Å². The van der Waals surface area contributed by atoms with Crippen molar-refractivity contribution < 1.29 is 28.6 Å². The van der Waals surface area contributed by atoms with Gasteiger partial charge in [-0.05, 0) is 6.07 Å². The van der Waals surface area contributed by atoms with Crippen molar-refractivity contribution in [1.82, 2.24) is 0 Å². The molecule has 0 heterocycles. The smallest absolute Gasteiger partial charge is 0.302 e. The predicted octanol–water partition coefficient (Wildman–Crippen LogP) is 1.54. The van der Waals surface area contributed by atoms with Crippen LogP contribution in [0, 0.1) is 15.3 Å². The molecule has 0 atom stereocenters. The molecule has 1 aromatic carbocycles. The summed E-state index contributed by atoms with van der Waals surface area (Å²) in [5.74, 6) is -1.04. The zero-order valence-corrected chi connectivity index (χ0v) is 13.6. The number of hydrogen-bond donors (Lipinski definition) is 0. The van der Waals surface area contributed by atoms with Gasteiger partial charge in [-0.15, -0.1) is 0 Å². The lowest BCUT2D eigenvalue weighted by molar-refractivity contribution is -0.894. The quantitative estimate of drug-likeness (QED) is 0.289. The van der Waals surface area contributed by atoms with Gasteiger partial charge in [0.25, 0.3) is 5.69 Å². The zero-order chi connectivity index (χ0) is 18.2. The summed E-state index contributed by atoms with van der Waals surface area (Å²) >= 11 is 0. The number of benzene rings is 1. The molecular weight excluding hydrogens is 320 g/mol. The van der Waals surface area contributed by atoms with Crippen LogP contribution in [0.1, 0.15) is 19.4 Å². The van der Waals surface area contributed by atoms with Crippen LogP contribution in [0.15, 0.2) is 24.3 Å². The van der Waals surface area contributed by atoms with E-state index >= 15 is 0 Å². The van der Waals surface area contributed by atoms with Gasteiger partial charge in [-0.1, -0.05) is 12.1 Å². The second kappa shape index (κ2) is 8.94. The fourth-order valence-corrected chi connectivity index (χ4v) is 2.11. The van der Waals surface area contributed by atoms with Gasteiger partial charge in [0.2, 0.25) is 0 Å². The van der Waals surface area contributed by atoms with E-state index in [2.05, 4.69) is 0 Å². The largest absolute Gasteiger partial charge is 0.632 e. The molecule has 1 rings (SSSR count). The van der Waals surface area contributed by atoms with Crippen molar-refractivity contribution in [1.29, 1.82) is 0 Å². The molecule has 0 amide bonds. The molecule has 0 saturated carbocycles. The van der Waals surface area contributed by atoms with Gasteiger partial charge < -0.3 is 19.3 Å². The Labute approximate surface area is 139 Å². The number of nitro benzene ring substituents is 1. The third-order valence-corrected chi connectivity index (χ3v) is 3.26. The Morgan fingerprint density at radius 3 is 2.04 bits per heavy atom. The summed E-state index contributed by atoms with van der Waals surface area (Å²) in [4.78, 5) is 32.2. The number of quaternary nitrogens is 1. The summed E-state index contributed by atoms with van der Waals surface area (Å²) in [5, 5.41) is 24.0. The molecule has 0 aliphatic heterocycles. The van der Waals surface area contributed by atoms with E-state index < -0.39 is 21.5 Å². The van der Waals surface area contributed by atoms with Gasteiger partial charge in [-0.2, -0.15) is 0 Å². The molecule has 0 aliphatic rings. The van der Waals surface area contributed by atoms with Crippen molar-refractivity contribution in [2.75, 3.05) is 26.3 Å². The van der Waals surface area contributed by atoms with Crippen LogP contribution in [0.25, 0.3) is 0 Å². The van der Waals surface area contributed by atoms with Crippen LogP contribution in [-0.4, -0.2) is 47.8 Å². The third-order valence-electron chi connectivity index (χ3n) is 3.26. The Morgan fingerprint density at radius 1 is 1.08 bits per heavy atom. The van der Waals surface area contributed by atoms with Gasteiger partial charge in [-0.25, -0.2) is 0 Å². The third kappa shape index (κ3) is 6.71. The highest BCUT2D eigenvalue weighted by Crippen LogP contribution is 2.22. The molecule has 0 aliphatic carbocycles. The van der Waals surface area contributed by atoms with Crippen LogP contribution in [0.2, 0.25) is 0 Å². The van der Waals surface area contributed by atoms with E-state index in [0.29, 0.717) is 0 Å².